The summed E-state index contributed by atoms with van der Waals surface area (Å²) in [4.78, 5) is 23.0. The second-order valence-electron chi connectivity index (χ2n) is 3.77. The molecular weight excluding hydrogens is 232 g/mol. The number of nitrogens with one attached hydrogen (secondary N) is 2. The zero-order chi connectivity index (χ0) is 13.4. The van der Waals surface area contributed by atoms with Crippen LogP contribution in [0.3, 0.4) is 0 Å². The first-order valence-corrected chi connectivity index (χ1v) is 5.83. The van der Waals surface area contributed by atoms with E-state index in [2.05, 4.69) is 15.4 Å². The quantitative estimate of drug-likeness (QED) is 0.769. The number of urea groups is 1. The van der Waals surface area contributed by atoms with Gasteiger partial charge in [0.15, 0.2) is 0 Å². The molecule has 5 nitrogen and oxygen atoms in total. The number of benzene rings is 1. The smallest absolute Gasteiger partial charge is 0.328 e. The van der Waals surface area contributed by atoms with Crippen molar-refractivity contribution >= 4 is 12.0 Å². The Labute approximate surface area is 107 Å². The molecule has 1 aromatic rings. The molecule has 0 aliphatic rings. The van der Waals surface area contributed by atoms with Crippen molar-refractivity contribution in [2.45, 2.75) is 19.4 Å². The van der Waals surface area contributed by atoms with Gasteiger partial charge in [0.2, 0.25) is 0 Å². The molecule has 1 atom stereocenters. The van der Waals surface area contributed by atoms with Crippen molar-refractivity contribution in [2.24, 2.45) is 0 Å². The highest BCUT2D eigenvalue weighted by molar-refractivity contribution is 5.83. The van der Waals surface area contributed by atoms with Gasteiger partial charge >= 0.3 is 12.0 Å². The number of amides is 2. The third kappa shape index (κ3) is 4.45. The Morgan fingerprint density at radius 3 is 2.50 bits per heavy atom. The van der Waals surface area contributed by atoms with Gasteiger partial charge in [-0.15, -0.1) is 0 Å². The molecule has 0 saturated heterocycles. The van der Waals surface area contributed by atoms with Crippen LogP contribution in [0.2, 0.25) is 0 Å². The highest BCUT2D eigenvalue weighted by atomic mass is 16.5. The first-order chi connectivity index (χ1) is 8.67. The van der Waals surface area contributed by atoms with Crippen LogP contribution in [0.4, 0.5) is 4.79 Å². The number of rotatable bonds is 5. The SMILES string of the molecule is CCNC(=O)N[C@@H](Cc1ccccc1)C(=O)OC. The van der Waals surface area contributed by atoms with Crippen LogP contribution in [0, 0.1) is 0 Å². The van der Waals surface area contributed by atoms with E-state index in [0.717, 1.165) is 5.56 Å². The minimum atomic E-state index is -0.677. The van der Waals surface area contributed by atoms with Crippen molar-refractivity contribution in [3.05, 3.63) is 35.9 Å². The Bertz CT molecular complexity index is 392. The lowest BCUT2D eigenvalue weighted by molar-refractivity contribution is -0.142. The lowest BCUT2D eigenvalue weighted by Gasteiger charge is -2.16. The summed E-state index contributed by atoms with van der Waals surface area (Å²) in [5, 5.41) is 5.18. The first-order valence-electron chi connectivity index (χ1n) is 5.83. The fourth-order valence-corrected chi connectivity index (χ4v) is 1.56. The van der Waals surface area contributed by atoms with Crippen molar-refractivity contribution in [1.29, 1.82) is 0 Å². The molecule has 0 unspecified atom stereocenters. The van der Waals surface area contributed by atoms with Gasteiger partial charge in [0.1, 0.15) is 6.04 Å². The third-order valence-electron chi connectivity index (χ3n) is 2.41. The molecule has 0 heterocycles. The normalized spacial score (nSPS) is 11.4. The summed E-state index contributed by atoms with van der Waals surface area (Å²) in [6.07, 6.45) is 0.407. The molecule has 5 heteroatoms. The van der Waals surface area contributed by atoms with Gasteiger partial charge in [-0.2, -0.15) is 0 Å². The predicted molar refractivity (Wildman–Crippen MR) is 68.2 cm³/mol. The number of ether oxygens (including phenoxy) is 1. The lowest BCUT2D eigenvalue weighted by atomic mass is 10.1. The fourth-order valence-electron chi connectivity index (χ4n) is 1.56. The van der Waals surface area contributed by atoms with E-state index in [1.807, 2.05) is 37.3 Å². The molecule has 1 rings (SSSR count). The van der Waals surface area contributed by atoms with Crippen molar-refractivity contribution < 1.29 is 14.3 Å². The molecule has 2 N–H and O–H groups in total. The van der Waals surface area contributed by atoms with Crippen molar-refractivity contribution in [1.82, 2.24) is 10.6 Å². The van der Waals surface area contributed by atoms with E-state index >= 15 is 0 Å². The number of carbonyl (C=O) groups is 2. The van der Waals surface area contributed by atoms with Crippen LogP contribution in [-0.2, 0) is 16.0 Å². The van der Waals surface area contributed by atoms with E-state index in [4.69, 9.17) is 0 Å². The van der Waals surface area contributed by atoms with Gasteiger partial charge in [0, 0.05) is 13.0 Å². The Morgan fingerprint density at radius 2 is 1.94 bits per heavy atom. The van der Waals surface area contributed by atoms with Crippen molar-refractivity contribution in [3.8, 4) is 0 Å². The Kier molecular flexibility index (Phi) is 5.70. The molecular formula is C13H18N2O3. The summed E-state index contributed by atoms with van der Waals surface area (Å²) in [6, 6.07) is 8.41. The van der Waals surface area contributed by atoms with Crippen molar-refractivity contribution in [2.75, 3.05) is 13.7 Å². The maximum atomic E-state index is 11.6. The Balaban J connectivity index is 2.67. The summed E-state index contributed by atoms with van der Waals surface area (Å²) in [7, 11) is 1.31. The molecule has 0 aromatic heterocycles. The average molecular weight is 250 g/mol. The highest BCUT2D eigenvalue weighted by Gasteiger charge is 2.21. The molecule has 98 valence electrons. The summed E-state index contributed by atoms with van der Waals surface area (Å²) in [5.41, 5.74) is 0.963. The second-order valence-corrected chi connectivity index (χ2v) is 3.77. The van der Waals surface area contributed by atoms with E-state index < -0.39 is 12.0 Å². The maximum Gasteiger partial charge on any atom is 0.328 e. The van der Waals surface area contributed by atoms with Gasteiger partial charge < -0.3 is 15.4 Å². The highest BCUT2D eigenvalue weighted by Crippen LogP contribution is 2.04. The van der Waals surface area contributed by atoms with Crippen LogP contribution in [0.1, 0.15) is 12.5 Å². The minimum absolute atomic E-state index is 0.371. The van der Waals surface area contributed by atoms with Crippen LogP contribution >= 0.6 is 0 Å². The van der Waals surface area contributed by atoms with E-state index in [1.165, 1.54) is 7.11 Å². The first kappa shape index (κ1) is 14.0. The van der Waals surface area contributed by atoms with Gasteiger partial charge in [-0.3, -0.25) is 0 Å². The predicted octanol–water partition coefficient (Wildman–Crippen LogP) is 1.09. The molecule has 0 fully saturated rings. The molecule has 18 heavy (non-hydrogen) atoms. The number of esters is 1. The number of hydrogen-bond acceptors (Lipinski definition) is 3. The van der Waals surface area contributed by atoms with E-state index in [1.54, 1.807) is 0 Å². The van der Waals surface area contributed by atoms with Crippen LogP contribution in [0.15, 0.2) is 30.3 Å². The minimum Gasteiger partial charge on any atom is -0.467 e. The Morgan fingerprint density at radius 1 is 1.28 bits per heavy atom. The Hall–Kier alpha value is -2.04. The van der Waals surface area contributed by atoms with Gasteiger partial charge in [-0.1, -0.05) is 30.3 Å². The summed E-state index contributed by atoms with van der Waals surface area (Å²) < 4.78 is 4.68. The van der Waals surface area contributed by atoms with E-state index in [9.17, 15) is 9.59 Å². The zero-order valence-corrected chi connectivity index (χ0v) is 10.6. The molecule has 0 aliphatic heterocycles. The fraction of sp³-hybridized carbons (Fsp3) is 0.385. The number of carbonyl (C=O) groups excluding carboxylic acids is 2. The largest absolute Gasteiger partial charge is 0.467 e. The number of methoxy groups -OCH3 is 1. The average Bonchev–Trinajstić information content (AvgIpc) is 2.38. The molecule has 2 amide bonds. The van der Waals surface area contributed by atoms with Gasteiger partial charge in [-0.25, -0.2) is 9.59 Å². The van der Waals surface area contributed by atoms with E-state index in [-0.39, 0.29) is 6.03 Å². The molecule has 0 aliphatic carbocycles. The van der Waals surface area contributed by atoms with Crippen molar-refractivity contribution in [3.63, 3.8) is 0 Å². The summed E-state index contributed by atoms with van der Waals surface area (Å²) in [5.74, 6) is -0.454. The lowest BCUT2D eigenvalue weighted by Crippen LogP contribution is -2.47. The molecule has 0 bridgehead atoms. The topological polar surface area (TPSA) is 67.4 Å². The second kappa shape index (κ2) is 7.32. The summed E-state index contributed by atoms with van der Waals surface area (Å²) >= 11 is 0. The monoisotopic (exact) mass is 250 g/mol. The van der Waals surface area contributed by atoms with Crippen LogP contribution < -0.4 is 10.6 Å². The third-order valence-corrected chi connectivity index (χ3v) is 2.41. The standard InChI is InChI=1S/C13H18N2O3/c1-3-14-13(17)15-11(12(16)18-2)9-10-7-5-4-6-8-10/h4-8,11H,3,9H2,1-2H3,(H2,14,15,17)/t11-/m0/s1. The number of hydrogen-bond donors (Lipinski definition) is 2. The van der Waals surface area contributed by atoms with Gasteiger partial charge in [0.25, 0.3) is 0 Å². The van der Waals surface area contributed by atoms with Crippen LogP contribution in [0.25, 0.3) is 0 Å². The van der Waals surface area contributed by atoms with E-state index in [0.29, 0.717) is 13.0 Å². The zero-order valence-electron chi connectivity index (χ0n) is 10.6. The molecule has 0 spiro atoms. The van der Waals surface area contributed by atoms with Gasteiger partial charge in [0.05, 0.1) is 7.11 Å². The van der Waals surface area contributed by atoms with Crippen LogP contribution in [-0.4, -0.2) is 31.7 Å². The molecule has 0 radical (unpaired) electrons. The maximum absolute atomic E-state index is 11.6. The van der Waals surface area contributed by atoms with Crippen LogP contribution in [0.5, 0.6) is 0 Å². The molecule has 1 aromatic carbocycles. The van der Waals surface area contributed by atoms with Gasteiger partial charge in [-0.05, 0) is 12.5 Å². The summed E-state index contributed by atoms with van der Waals surface area (Å²) in [6.45, 7) is 2.31. The molecule has 0 saturated carbocycles.